The van der Waals surface area contributed by atoms with Crippen LogP contribution in [0, 0.1) is 11.6 Å². The fourth-order valence-electron chi connectivity index (χ4n) is 2.20. The number of halogens is 2. The zero-order valence-electron chi connectivity index (χ0n) is 17.8. The van der Waals surface area contributed by atoms with Gasteiger partial charge in [0.25, 0.3) is 0 Å². The van der Waals surface area contributed by atoms with Crippen molar-refractivity contribution < 1.29 is 13.2 Å². The highest BCUT2D eigenvalue weighted by molar-refractivity contribution is 7.98. The number of anilines is 2. The van der Waals surface area contributed by atoms with Gasteiger partial charge in [0.15, 0.2) is 25.1 Å². The van der Waals surface area contributed by atoms with Crippen molar-refractivity contribution in [1.29, 1.82) is 0 Å². The maximum atomic E-state index is 13.4. The van der Waals surface area contributed by atoms with E-state index in [-0.39, 0.29) is 11.1 Å². The lowest BCUT2D eigenvalue weighted by Crippen LogP contribution is -2.43. The molecule has 29 heavy (non-hydrogen) atoms. The minimum atomic E-state index is -1.82. The molecule has 0 saturated carbocycles. The van der Waals surface area contributed by atoms with E-state index in [1.165, 1.54) is 23.9 Å². The SMILES string of the molecule is C[C@H](CO[Si](C)(C)C(C)(C)C)Nc1cc(N)nc(SCc2ccc(F)c(F)c2)n1. The van der Waals surface area contributed by atoms with Gasteiger partial charge in [-0.3, -0.25) is 0 Å². The molecule has 5 nitrogen and oxygen atoms in total. The Morgan fingerprint density at radius 3 is 2.48 bits per heavy atom. The molecule has 0 aliphatic heterocycles. The second-order valence-electron chi connectivity index (χ2n) is 8.61. The molecule has 1 heterocycles. The molecule has 2 aromatic rings. The third-order valence-corrected chi connectivity index (χ3v) is 10.4. The van der Waals surface area contributed by atoms with E-state index in [9.17, 15) is 8.78 Å². The van der Waals surface area contributed by atoms with Gasteiger partial charge in [0.1, 0.15) is 11.6 Å². The molecule has 0 aliphatic rings. The van der Waals surface area contributed by atoms with Crippen molar-refractivity contribution in [3.8, 4) is 0 Å². The first-order valence-corrected chi connectivity index (χ1v) is 13.4. The third kappa shape index (κ3) is 6.93. The van der Waals surface area contributed by atoms with Crippen LogP contribution in [-0.4, -0.2) is 30.9 Å². The summed E-state index contributed by atoms with van der Waals surface area (Å²) in [6.45, 7) is 13.7. The topological polar surface area (TPSA) is 73.1 Å². The molecule has 0 spiro atoms. The number of thioether (sulfide) groups is 1. The quantitative estimate of drug-likeness (QED) is 0.323. The molecule has 160 valence electrons. The molecule has 0 aliphatic carbocycles. The monoisotopic (exact) mass is 440 g/mol. The van der Waals surface area contributed by atoms with Crippen LogP contribution >= 0.6 is 11.8 Å². The summed E-state index contributed by atoms with van der Waals surface area (Å²) in [4.78, 5) is 8.68. The summed E-state index contributed by atoms with van der Waals surface area (Å²) >= 11 is 1.31. The molecule has 0 unspecified atom stereocenters. The van der Waals surface area contributed by atoms with Crippen molar-refractivity contribution in [3.05, 3.63) is 41.5 Å². The van der Waals surface area contributed by atoms with Crippen LogP contribution in [0.4, 0.5) is 20.4 Å². The normalized spacial score (nSPS) is 13.4. The van der Waals surface area contributed by atoms with Gasteiger partial charge in [0, 0.05) is 17.9 Å². The van der Waals surface area contributed by atoms with E-state index >= 15 is 0 Å². The molecule has 2 rings (SSSR count). The summed E-state index contributed by atoms with van der Waals surface area (Å²) in [7, 11) is -1.82. The third-order valence-electron chi connectivity index (χ3n) is 4.97. The molecule has 1 atom stereocenters. The molecule has 3 N–H and O–H groups in total. The highest BCUT2D eigenvalue weighted by atomic mass is 32.2. The van der Waals surface area contributed by atoms with E-state index < -0.39 is 20.0 Å². The first-order valence-electron chi connectivity index (χ1n) is 9.49. The molecule has 1 aromatic heterocycles. The molecular weight excluding hydrogens is 410 g/mol. The Balaban J connectivity index is 1.98. The Labute approximate surface area is 177 Å². The molecular formula is C20H30F2N4OSSi. The van der Waals surface area contributed by atoms with Crippen LogP contribution in [0.15, 0.2) is 29.4 Å². The number of hydrogen-bond acceptors (Lipinski definition) is 6. The molecule has 9 heteroatoms. The molecule has 0 bridgehead atoms. The summed E-state index contributed by atoms with van der Waals surface area (Å²) in [6.07, 6.45) is 0. The summed E-state index contributed by atoms with van der Waals surface area (Å²) in [6, 6.07) is 5.54. The van der Waals surface area contributed by atoms with E-state index in [4.69, 9.17) is 10.2 Å². The average molecular weight is 441 g/mol. The number of nitrogen functional groups attached to an aromatic ring is 1. The van der Waals surface area contributed by atoms with Crippen molar-refractivity contribution in [2.75, 3.05) is 17.7 Å². The second kappa shape index (κ2) is 9.40. The lowest BCUT2D eigenvalue weighted by atomic mass is 10.2. The van der Waals surface area contributed by atoms with E-state index in [1.54, 1.807) is 6.07 Å². The van der Waals surface area contributed by atoms with Gasteiger partial charge in [0.2, 0.25) is 0 Å². The number of benzene rings is 1. The predicted octanol–water partition coefficient (Wildman–Crippen LogP) is 5.45. The van der Waals surface area contributed by atoms with Crippen molar-refractivity contribution in [2.45, 2.75) is 62.8 Å². The van der Waals surface area contributed by atoms with E-state index in [0.717, 1.165) is 6.07 Å². The maximum absolute atomic E-state index is 13.4. The minimum Gasteiger partial charge on any atom is -0.415 e. The average Bonchev–Trinajstić information content (AvgIpc) is 2.60. The zero-order chi connectivity index (χ0) is 21.8. The maximum Gasteiger partial charge on any atom is 0.192 e. The van der Waals surface area contributed by atoms with Gasteiger partial charge in [-0.05, 0) is 42.8 Å². The van der Waals surface area contributed by atoms with Gasteiger partial charge in [-0.2, -0.15) is 0 Å². The molecule has 0 fully saturated rings. The van der Waals surface area contributed by atoms with E-state index in [1.807, 2.05) is 6.92 Å². The Kier molecular flexibility index (Phi) is 7.64. The van der Waals surface area contributed by atoms with Crippen molar-refractivity contribution in [3.63, 3.8) is 0 Å². The van der Waals surface area contributed by atoms with E-state index in [2.05, 4.69) is 49.1 Å². The molecule has 0 radical (unpaired) electrons. The number of nitrogens with zero attached hydrogens (tertiary/aromatic N) is 2. The Morgan fingerprint density at radius 2 is 1.86 bits per heavy atom. The van der Waals surface area contributed by atoms with Crippen molar-refractivity contribution in [1.82, 2.24) is 9.97 Å². The van der Waals surface area contributed by atoms with Crippen LogP contribution in [-0.2, 0) is 10.2 Å². The fourth-order valence-corrected chi connectivity index (χ4v) is 4.11. The van der Waals surface area contributed by atoms with Gasteiger partial charge in [-0.15, -0.1) is 0 Å². The van der Waals surface area contributed by atoms with Crippen LogP contribution in [0.25, 0.3) is 0 Å². The Bertz CT molecular complexity index is 846. The van der Waals surface area contributed by atoms with Gasteiger partial charge >= 0.3 is 0 Å². The van der Waals surface area contributed by atoms with Crippen LogP contribution in [0.2, 0.25) is 18.1 Å². The number of nitrogens with two attached hydrogens (primary N) is 1. The lowest BCUT2D eigenvalue weighted by molar-refractivity contribution is 0.276. The minimum absolute atomic E-state index is 0.0440. The highest BCUT2D eigenvalue weighted by Crippen LogP contribution is 2.36. The summed E-state index contributed by atoms with van der Waals surface area (Å²) < 4.78 is 32.6. The Morgan fingerprint density at radius 1 is 1.17 bits per heavy atom. The van der Waals surface area contributed by atoms with Crippen LogP contribution in [0.5, 0.6) is 0 Å². The first-order chi connectivity index (χ1) is 13.4. The smallest absolute Gasteiger partial charge is 0.192 e. The number of aromatic nitrogens is 2. The summed E-state index contributed by atoms with van der Waals surface area (Å²) in [5, 5.41) is 3.92. The molecule has 0 saturated heterocycles. The number of nitrogens with one attached hydrogen (secondary N) is 1. The van der Waals surface area contributed by atoms with Gasteiger partial charge in [-0.1, -0.05) is 38.6 Å². The molecule has 0 amide bonds. The van der Waals surface area contributed by atoms with E-state index in [0.29, 0.717) is 34.7 Å². The summed E-state index contributed by atoms with van der Waals surface area (Å²) in [5.41, 5.74) is 6.55. The highest BCUT2D eigenvalue weighted by Gasteiger charge is 2.37. The largest absolute Gasteiger partial charge is 0.415 e. The number of rotatable bonds is 8. The second-order valence-corrected chi connectivity index (χ2v) is 14.4. The van der Waals surface area contributed by atoms with Gasteiger partial charge in [0.05, 0.1) is 6.61 Å². The summed E-state index contributed by atoms with van der Waals surface area (Å²) in [5.74, 6) is -0.373. The van der Waals surface area contributed by atoms with Gasteiger partial charge in [-0.25, -0.2) is 18.7 Å². The fraction of sp³-hybridized carbons (Fsp3) is 0.500. The van der Waals surface area contributed by atoms with Crippen molar-refractivity contribution >= 4 is 31.7 Å². The van der Waals surface area contributed by atoms with Crippen LogP contribution < -0.4 is 11.1 Å². The van der Waals surface area contributed by atoms with Crippen LogP contribution in [0.1, 0.15) is 33.3 Å². The predicted molar refractivity (Wildman–Crippen MR) is 119 cm³/mol. The Hall–Kier alpha value is -1.71. The lowest BCUT2D eigenvalue weighted by Gasteiger charge is -2.37. The van der Waals surface area contributed by atoms with Crippen molar-refractivity contribution in [2.24, 2.45) is 0 Å². The van der Waals surface area contributed by atoms with Gasteiger partial charge < -0.3 is 15.5 Å². The number of hydrogen-bond donors (Lipinski definition) is 2. The van der Waals surface area contributed by atoms with Crippen LogP contribution in [0.3, 0.4) is 0 Å². The zero-order valence-corrected chi connectivity index (χ0v) is 19.7. The molecule has 1 aromatic carbocycles. The standard InChI is InChI=1S/C20H30F2N4OSSi/c1-13(11-27-29(5,6)20(2,3)4)24-18-10-17(23)25-19(26-18)28-12-14-7-8-15(21)16(22)9-14/h7-10,13H,11-12H2,1-6H3,(H3,23,24,25,26)/t13-/m1/s1. The first kappa shape index (κ1) is 23.6.